The summed E-state index contributed by atoms with van der Waals surface area (Å²) in [4.78, 5) is 13.0. The van der Waals surface area contributed by atoms with Gasteiger partial charge in [-0.15, -0.1) is 0 Å². The van der Waals surface area contributed by atoms with Crippen LogP contribution in [0.25, 0.3) is 0 Å². The van der Waals surface area contributed by atoms with Gasteiger partial charge in [0, 0.05) is 17.8 Å². The van der Waals surface area contributed by atoms with Crippen LogP contribution in [0.1, 0.15) is 27.7 Å². The Morgan fingerprint density at radius 3 is 1.68 bits per heavy atom. The lowest BCUT2D eigenvalue weighted by molar-refractivity contribution is 0.628. The van der Waals surface area contributed by atoms with E-state index in [2.05, 4.69) is 30.9 Å². The second-order valence-corrected chi connectivity index (χ2v) is 5.54. The van der Waals surface area contributed by atoms with Crippen molar-refractivity contribution < 1.29 is 4.39 Å². The Morgan fingerprint density at radius 2 is 1.23 bits per heavy atom. The van der Waals surface area contributed by atoms with Gasteiger partial charge in [-0.3, -0.25) is 0 Å². The maximum Gasteiger partial charge on any atom is 0.233 e. The first-order chi connectivity index (χ1) is 10.4. The Bertz CT molecular complexity index is 584. The van der Waals surface area contributed by atoms with Crippen LogP contribution in [0, 0.1) is 5.82 Å². The number of hydrogen-bond acceptors (Lipinski definition) is 6. The second kappa shape index (κ2) is 7.02. The van der Waals surface area contributed by atoms with Crippen molar-refractivity contribution in [2.45, 2.75) is 39.8 Å². The number of benzene rings is 1. The molecule has 0 fully saturated rings. The van der Waals surface area contributed by atoms with Gasteiger partial charge in [0.05, 0.1) is 0 Å². The number of rotatable bonds is 6. The van der Waals surface area contributed by atoms with Gasteiger partial charge in [0.1, 0.15) is 5.82 Å². The van der Waals surface area contributed by atoms with Crippen molar-refractivity contribution >= 4 is 23.5 Å². The molecule has 0 atom stereocenters. The lowest BCUT2D eigenvalue weighted by Gasteiger charge is -2.14. The molecule has 0 unspecified atom stereocenters. The zero-order chi connectivity index (χ0) is 16.1. The summed E-state index contributed by atoms with van der Waals surface area (Å²) >= 11 is 0. The highest BCUT2D eigenvalue weighted by Gasteiger charge is 2.09. The summed E-state index contributed by atoms with van der Waals surface area (Å²) in [7, 11) is 0. The number of hydrogen-bond donors (Lipinski definition) is 3. The third kappa shape index (κ3) is 4.83. The Balaban J connectivity index is 2.25. The lowest BCUT2D eigenvalue weighted by atomic mass is 10.3. The summed E-state index contributed by atoms with van der Waals surface area (Å²) in [6, 6.07) is 6.42. The number of nitrogens with one attached hydrogen (secondary N) is 3. The second-order valence-electron chi connectivity index (χ2n) is 5.54. The van der Waals surface area contributed by atoms with Gasteiger partial charge in [0.25, 0.3) is 0 Å². The quantitative estimate of drug-likeness (QED) is 0.759. The smallest absolute Gasteiger partial charge is 0.233 e. The molecule has 118 valence electrons. The monoisotopic (exact) mass is 304 g/mol. The topological polar surface area (TPSA) is 74.8 Å². The fraction of sp³-hybridized carbons (Fsp3) is 0.400. The fourth-order valence-corrected chi connectivity index (χ4v) is 1.74. The molecule has 2 aromatic rings. The van der Waals surface area contributed by atoms with E-state index in [-0.39, 0.29) is 17.9 Å². The van der Waals surface area contributed by atoms with Crippen LogP contribution in [-0.4, -0.2) is 27.0 Å². The number of anilines is 4. The minimum Gasteiger partial charge on any atom is -0.352 e. The highest BCUT2D eigenvalue weighted by molar-refractivity contribution is 5.55. The Morgan fingerprint density at radius 1 is 0.773 bits per heavy atom. The fourth-order valence-electron chi connectivity index (χ4n) is 1.74. The molecule has 1 aromatic carbocycles. The van der Waals surface area contributed by atoms with Gasteiger partial charge in [0.2, 0.25) is 17.8 Å². The van der Waals surface area contributed by atoms with Crippen LogP contribution in [-0.2, 0) is 0 Å². The highest BCUT2D eigenvalue weighted by atomic mass is 19.1. The molecular formula is C15H21FN6. The SMILES string of the molecule is CC(C)Nc1nc(Nc2ccc(F)cc2)nc(NC(C)C)n1. The van der Waals surface area contributed by atoms with Gasteiger partial charge in [0.15, 0.2) is 0 Å². The van der Waals surface area contributed by atoms with Crippen LogP contribution in [0.5, 0.6) is 0 Å². The van der Waals surface area contributed by atoms with Crippen LogP contribution in [0.3, 0.4) is 0 Å². The normalized spacial score (nSPS) is 10.9. The van der Waals surface area contributed by atoms with Crippen LogP contribution in [0.2, 0.25) is 0 Å². The molecule has 0 saturated carbocycles. The molecule has 22 heavy (non-hydrogen) atoms. The Labute approximate surface area is 129 Å². The summed E-state index contributed by atoms with van der Waals surface area (Å²) < 4.78 is 13.0. The first-order valence-electron chi connectivity index (χ1n) is 7.24. The largest absolute Gasteiger partial charge is 0.352 e. The van der Waals surface area contributed by atoms with E-state index in [1.807, 2.05) is 27.7 Å². The molecule has 6 nitrogen and oxygen atoms in total. The number of aromatic nitrogens is 3. The molecular weight excluding hydrogens is 283 g/mol. The predicted molar refractivity (Wildman–Crippen MR) is 87.0 cm³/mol. The molecule has 1 aromatic heterocycles. The maximum atomic E-state index is 13.0. The zero-order valence-electron chi connectivity index (χ0n) is 13.2. The summed E-state index contributed by atoms with van der Waals surface area (Å²) in [5.41, 5.74) is 0.707. The maximum absolute atomic E-state index is 13.0. The van der Waals surface area contributed by atoms with E-state index < -0.39 is 0 Å². The van der Waals surface area contributed by atoms with E-state index in [4.69, 9.17) is 0 Å². The molecule has 0 radical (unpaired) electrons. The standard InChI is InChI=1S/C15H21FN6/c1-9(2)17-13-20-14(18-10(3)4)22-15(21-13)19-12-7-5-11(16)6-8-12/h5-10H,1-4H3,(H3,17,18,19,20,21,22). The Kier molecular flexibility index (Phi) is 5.08. The number of halogens is 1. The van der Waals surface area contributed by atoms with Crippen molar-refractivity contribution in [3.63, 3.8) is 0 Å². The van der Waals surface area contributed by atoms with Gasteiger partial charge in [-0.2, -0.15) is 15.0 Å². The van der Waals surface area contributed by atoms with E-state index >= 15 is 0 Å². The molecule has 0 amide bonds. The molecule has 0 bridgehead atoms. The molecule has 0 aliphatic carbocycles. The third-order valence-corrected chi connectivity index (χ3v) is 2.57. The van der Waals surface area contributed by atoms with Gasteiger partial charge in [-0.25, -0.2) is 4.39 Å². The first-order valence-corrected chi connectivity index (χ1v) is 7.24. The molecule has 0 aliphatic rings. The van der Waals surface area contributed by atoms with Crippen molar-refractivity contribution in [2.24, 2.45) is 0 Å². The van der Waals surface area contributed by atoms with Gasteiger partial charge in [-0.1, -0.05) is 0 Å². The molecule has 0 aliphatic heterocycles. The van der Waals surface area contributed by atoms with E-state index in [1.165, 1.54) is 12.1 Å². The molecule has 1 heterocycles. The average Bonchev–Trinajstić information content (AvgIpc) is 2.39. The average molecular weight is 304 g/mol. The van der Waals surface area contributed by atoms with E-state index in [1.54, 1.807) is 12.1 Å². The molecule has 2 rings (SSSR count). The molecule has 0 spiro atoms. The molecule has 0 saturated heterocycles. The Hall–Kier alpha value is -2.44. The summed E-state index contributed by atoms with van der Waals surface area (Å²) in [6.07, 6.45) is 0. The number of nitrogens with zero attached hydrogens (tertiary/aromatic N) is 3. The van der Waals surface area contributed by atoms with Crippen LogP contribution in [0.15, 0.2) is 24.3 Å². The summed E-state index contributed by atoms with van der Waals surface area (Å²) in [5, 5.41) is 9.35. The summed E-state index contributed by atoms with van der Waals surface area (Å²) in [6.45, 7) is 8.03. The van der Waals surface area contributed by atoms with Gasteiger partial charge in [-0.05, 0) is 52.0 Å². The van der Waals surface area contributed by atoms with Crippen molar-refractivity contribution in [1.82, 2.24) is 15.0 Å². The molecule has 3 N–H and O–H groups in total. The molecule has 7 heteroatoms. The minimum atomic E-state index is -0.287. The van der Waals surface area contributed by atoms with Crippen LogP contribution < -0.4 is 16.0 Å². The predicted octanol–water partition coefficient (Wildman–Crippen LogP) is 3.39. The van der Waals surface area contributed by atoms with E-state index in [9.17, 15) is 4.39 Å². The van der Waals surface area contributed by atoms with Crippen LogP contribution in [0.4, 0.5) is 27.9 Å². The first kappa shape index (κ1) is 15.9. The van der Waals surface area contributed by atoms with E-state index in [0.29, 0.717) is 23.5 Å². The van der Waals surface area contributed by atoms with Crippen LogP contribution >= 0.6 is 0 Å². The van der Waals surface area contributed by atoms with Crippen molar-refractivity contribution in [2.75, 3.05) is 16.0 Å². The van der Waals surface area contributed by atoms with Gasteiger partial charge < -0.3 is 16.0 Å². The third-order valence-electron chi connectivity index (χ3n) is 2.57. The highest BCUT2D eigenvalue weighted by Crippen LogP contribution is 2.17. The summed E-state index contributed by atoms with van der Waals surface area (Å²) in [5.74, 6) is 1.08. The minimum absolute atomic E-state index is 0.202. The zero-order valence-corrected chi connectivity index (χ0v) is 13.2. The lowest BCUT2D eigenvalue weighted by Crippen LogP contribution is -2.18. The van der Waals surface area contributed by atoms with Crippen molar-refractivity contribution in [1.29, 1.82) is 0 Å². The van der Waals surface area contributed by atoms with Crippen molar-refractivity contribution in [3.05, 3.63) is 30.1 Å². The van der Waals surface area contributed by atoms with E-state index in [0.717, 1.165) is 0 Å². The van der Waals surface area contributed by atoms with Gasteiger partial charge >= 0.3 is 0 Å². The van der Waals surface area contributed by atoms with Crippen molar-refractivity contribution in [3.8, 4) is 0 Å².